The monoisotopic (exact) mass is 455 g/mol. The number of nitrogens with zero attached hydrogens (tertiary/aromatic N) is 2. The van der Waals surface area contributed by atoms with Gasteiger partial charge in [0.1, 0.15) is 4.90 Å². The summed E-state index contributed by atoms with van der Waals surface area (Å²) < 4.78 is 27.1. The van der Waals surface area contributed by atoms with Gasteiger partial charge in [-0.1, -0.05) is 29.3 Å². The highest BCUT2D eigenvalue weighted by Gasteiger charge is 2.30. The molecular weight excluding hydrogens is 433 g/mol. The molecule has 1 heterocycles. The Kier molecular flexibility index (Phi) is 6.86. The van der Waals surface area contributed by atoms with Gasteiger partial charge in [0.25, 0.3) is 0 Å². The normalized spacial score (nSPS) is 16.0. The van der Waals surface area contributed by atoms with Crippen LogP contribution in [0.3, 0.4) is 0 Å². The summed E-state index contributed by atoms with van der Waals surface area (Å²) in [6, 6.07) is 10.2. The summed E-state index contributed by atoms with van der Waals surface area (Å²) in [4.78, 5) is 14.3. The molecule has 0 unspecified atom stereocenters. The van der Waals surface area contributed by atoms with Crippen LogP contribution in [0.2, 0.25) is 10.0 Å². The van der Waals surface area contributed by atoms with Crippen molar-refractivity contribution >= 4 is 44.8 Å². The number of sulfonamides is 1. The summed E-state index contributed by atoms with van der Waals surface area (Å²) in [5, 5.41) is 3.35. The van der Waals surface area contributed by atoms with E-state index in [2.05, 4.69) is 5.32 Å². The fourth-order valence-corrected chi connectivity index (χ4v) is 5.32. The minimum absolute atomic E-state index is 0.00704. The molecule has 2 aromatic rings. The van der Waals surface area contributed by atoms with Gasteiger partial charge in [0.2, 0.25) is 15.9 Å². The third kappa shape index (κ3) is 5.29. The maximum Gasteiger partial charge on any atom is 0.244 e. The lowest BCUT2D eigenvalue weighted by atomic mass is 10.1. The molecule has 0 saturated carbocycles. The van der Waals surface area contributed by atoms with E-state index in [4.69, 9.17) is 23.2 Å². The lowest BCUT2D eigenvalue weighted by Gasteiger charge is -2.33. The summed E-state index contributed by atoms with van der Waals surface area (Å²) in [6.45, 7) is 5.69. The summed E-state index contributed by atoms with van der Waals surface area (Å²) in [5.74, 6) is -0.123. The van der Waals surface area contributed by atoms with Crippen molar-refractivity contribution in [3.05, 3.63) is 57.6 Å². The first kappa shape index (κ1) is 22.1. The van der Waals surface area contributed by atoms with Gasteiger partial charge in [0.05, 0.1) is 11.6 Å². The molecule has 156 valence electrons. The highest BCUT2D eigenvalue weighted by Crippen LogP contribution is 2.28. The van der Waals surface area contributed by atoms with E-state index in [9.17, 15) is 13.2 Å². The topological polar surface area (TPSA) is 69.7 Å². The van der Waals surface area contributed by atoms with E-state index in [1.807, 2.05) is 36.9 Å². The quantitative estimate of drug-likeness (QED) is 0.747. The predicted octanol–water partition coefficient (Wildman–Crippen LogP) is 3.56. The molecule has 0 bridgehead atoms. The average molecular weight is 456 g/mol. The smallest absolute Gasteiger partial charge is 0.244 e. The second-order valence-corrected chi connectivity index (χ2v) is 9.85. The number of carbonyl (C=O) groups is 1. The maximum atomic E-state index is 12.9. The molecule has 0 aromatic heterocycles. The van der Waals surface area contributed by atoms with Crippen molar-refractivity contribution in [3.8, 4) is 0 Å². The lowest BCUT2D eigenvalue weighted by Crippen LogP contribution is -2.50. The molecule has 9 heteroatoms. The minimum atomic E-state index is -3.73. The Hall–Kier alpha value is -1.64. The molecule has 3 rings (SSSR count). The van der Waals surface area contributed by atoms with Crippen LogP contribution in [0.15, 0.2) is 41.3 Å². The molecule has 1 fully saturated rings. The number of halogens is 2. The summed E-state index contributed by atoms with van der Waals surface area (Å²) in [5.41, 5.74) is 3.04. The van der Waals surface area contributed by atoms with E-state index in [0.717, 1.165) is 11.3 Å². The van der Waals surface area contributed by atoms with Crippen LogP contribution in [0.4, 0.5) is 5.69 Å². The first-order valence-corrected chi connectivity index (χ1v) is 11.4. The van der Waals surface area contributed by atoms with Gasteiger partial charge >= 0.3 is 0 Å². The van der Waals surface area contributed by atoms with Crippen LogP contribution >= 0.6 is 23.2 Å². The van der Waals surface area contributed by atoms with E-state index >= 15 is 0 Å². The fraction of sp³-hybridized carbons (Fsp3) is 0.350. The first-order valence-electron chi connectivity index (χ1n) is 9.21. The summed E-state index contributed by atoms with van der Waals surface area (Å²) in [7, 11) is -3.73. The number of benzene rings is 2. The van der Waals surface area contributed by atoms with Crippen LogP contribution < -0.4 is 5.32 Å². The molecule has 0 spiro atoms. The molecule has 1 saturated heterocycles. The third-order valence-electron chi connectivity index (χ3n) is 5.00. The molecule has 0 aliphatic carbocycles. The number of anilines is 1. The number of amides is 1. The van der Waals surface area contributed by atoms with Gasteiger partial charge in [-0.3, -0.25) is 9.69 Å². The molecule has 6 nitrogen and oxygen atoms in total. The van der Waals surface area contributed by atoms with Crippen molar-refractivity contribution in [2.45, 2.75) is 18.7 Å². The van der Waals surface area contributed by atoms with E-state index in [0.29, 0.717) is 18.1 Å². The van der Waals surface area contributed by atoms with Gasteiger partial charge in [-0.2, -0.15) is 4.31 Å². The second-order valence-electron chi connectivity index (χ2n) is 7.10. The number of rotatable bonds is 5. The average Bonchev–Trinajstić information content (AvgIpc) is 2.67. The molecule has 0 atom stereocenters. The molecule has 1 amide bonds. The Labute approximate surface area is 181 Å². The van der Waals surface area contributed by atoms with E-state index in [1.54, 1.807) is 6.07 Å². The second kappa shape index (κ2) is 9.02. The van der Waals surface area contributed by atoms with Crippen molar-refractivity contribution in [1.82, 2.24) is 9.21 Å². The van der Waals surface area contributed by atoms with Gasteiger partial charge in [0.15, 0.2) is 0 Å². The van der Waals surface area contributed by atoms with Crippen LogP contribution in [0.1, 0.15) is 11.1 Å². The van der Waals surface area contributed by atoms with Crippen LogP contribution in [0.25, 0.3) is 0 Å². The zero-order valence-corrected chi connectivity index (χ0v) is 18.6. The Balaban J connectivity index is 1.58. The van der Waals surface area contributed by atoms with Crippen molar-refractivity contribution in [2.24, 2.45) is 0 Å². The molecule has 1 aliphatic heterocycles. The zero-order chi connectivity index (χ0) is 21.2. The van der Waals surface area contributed by atoms with Gasteiger partial charge in [-0.25, -0.2) is 8.42 Å². The number of nitrogens with one attached hydrogen (secondary N) is 1. The van der Waals surface area contributed by atoms with Crippen molar-refractivity contribution in [1.29, 1.82) is 0 Å². The van der Waals surface area contributed by atoms with Crippen LogP contribution in [-0.2, 0) is 14.8 Å². The molecule has 1 N–H and O–H groups in total. The number of aryl methyl sites for hydroxylation is 2. The van der Waals surface area contributed by atoms with E-state index in [-0.39, 0.29) is 35.5 Å². The number of hydrogen-bond acceptors (Lipinski definition) is 4. The third-order valence-corrected chi connectivity index (χ3v) is 7.62. The van der Waals surface area contributed by atoms with Crippen LogP contribution in [-0.4, -0.2) is 56.3 Å². The van der Waals surface area contributed by atoms with Crippen molar-refractivity contribution in [3.63, 3.8) is 0 Å². The zero-order valence-electron chi connectivity index (χ0n) is 16.3. The minimum Gasteiger partial charge on any atom is -0.325 e. The van der Waals surface area contributed by atoms with Gasteiger partial charge in [-0.15, -0.1) is 0 Å². The standard InChI is InChI=1S/C20H23Cl2N3O3S/c1-14-3-5-17(11-15(14)2)23-20(26)13-24-7-9-25(10-8-24)29(27,28)19-12-16(21)4-6-18(19)22/h3-6,11-12H,7-10,13H2,1-2H3,(H,23,26). The SMILES string of the molecule is Cc1ccc(NC(=O)CN2CCN(S(=O)(=O)c3cc(Cl)ccc3Cl)CC2)cc1C. The molecular formula is C20H23Cl2N3O3S. The maximum absolute atomic E-state index is 12.9. The van der Waals surface area contributed by atoms with Gasteiger partial charge in [0, 0.05) is 36.9 Å². The molecule has 29 heavy (non-hydrogen) atoms. The largest absolute Gasteiger partial charge is 0.325 e. The van der Waals surface area contributed by atoms with Crippen LogP contribution in [0.5, 0.6) is 0 Å². The molecule has 0 radical (unpaired) electrons. The molecule has 1 aliphatic rings. The Bertz CT molecular complexity index is 1020. The highest BCUT2D eigenvalue weighted by atomic mass is 35.5. The van der Waals surface area contributed by atoms with Crippen LogP contribution in [0, 0.1) is 13.8 Å². The fourth-order valence-electron chi connectivity index (χ4n) is 3.16. The summed E-state index contributed by atoms with van der Waals surface area (Å²) in [6.07, 6.45) is 0. The Morgan fingerprint density at radius 1 is 1.00 bits per heavy atom. The van der Waals surface area contributed by atoms with E-state index in [1.165, 1.54) is 22.0 Å². The van der Waals surface area contributed by atoms with Crippen molar-refractivity contribution in [2.75, 3.05) is 38.0 Å². The Morgan fingerprint density at radius 2 is 1.69 bits per heavy atom. The van der Waals surface area contributed by atoms with Crippen molar-refractivity contribution < 1.29 is 13.2 Å². The van der Waals surface area contributed by atoms with Gasteiger partial charge in [-0.05, 0) is 55.3 Å². The Morgan fingerprint density at radius 3 is 2.34 bits per heavy atom. The number of piperazine rings is 1. The summed E-state index contributed by atoms with van der Waals surface area (Å²) >= 11 is 12.0. The van der Waals surface area contributed by atoms with E-state index < -0.39 is 10.0 Å². The highest BCUT2D eigenvalue weighted by molar-refractivity contribution is 7.89. The number of carbonyl (C=O) groups excluding carboxylic acids is 1. The van der Waals surface area contributed by atoms with Gasteiger partial charge < -0.3 is 5.32 Å². The first-order chi connectivity index (χ1) is 13.7. The number of hydrogen-bond donors (Lipinski definition) is 1. The lowest BCUT2D eigenvalue weighted by molar-refractivity contribution is -0.117. The predicted molar refractivity (Wildman–Crippen MR) is 116 cm³/mol. The molecule has 2 aromatic carbocycles.